The van der Waals surface area contributed by atoms with Gasteiger partial charge in [-0.3, -0.25) is 0 Å². The second-order valence-electron chi connectivity index (χ2n) is 15.1. The van der Waals surface area contributed by atoms with Gasteiger partial charge in [-0.1, -0.05) is 139 Å². The first-order valence-electron chi connectivity index (χ1n) is 19.4. The number of aryl methyl sites for hydroxylation is 4. The second-order valence-corrected chi connectivity index (χ2v) is 16.0. The first-order valence-corrected chi connectivity index (χ1v) is 20.2. The van der Waals surface area contributed by atoms with Crippen LogP contribution in [0, 0.1) is 39.5 Å². The van der Waals surface area contributed by atoms with Gasteiger partial charge in [0.1, 0.15) is 0 Å². The van der Waals surface area contributed by atoms with Gasteiger partial charge in [-0.25, -0.2) is 0 Å². The molecule has 268 valence electrons. The van der Waals surface area contributed by atoms with E-state index in [1.54, 1.807) is 5.56 Å². The third kappa shape index (κ3) is 11.7. The first-order chi connectivity index (χ1) is 24.1. The Kier molecular flexibility index (Phi) is 16.4. The Labute approximate surface area is 313 Å². The SMILES string of the molecule is CCCC1CCC(c2ccc(-c3c(C)cccc3C)cc2)CC1.CCCC1CCC(c2ccc(Br)cc2)CC1.Cc1cccc(C)c1B(O)O. The lowest BCUT2D eigenvalue weighted by Gasteiger charge is -2.28. The number of rotatable bonds is 8. The molecule has 0 bridgehead atoms. The van der Waals surface area contributed by atoms with Crippen LogP contribution in [0.3, 0.4) is 0 Å². The largest absolute Gasteiger partial charge is 0.488 e. The summed E-state index contributed by atoms with van der Waals surface area (Å²) in [6, 6.07) is 30.6. The van der Waals surface area contributed by atoms with E-state index in [2.05, 4.69) is 110 Å². The highest BCUT2D eigenvalue weighted by Gasteiger charge is 2.23. The van der Waals surface area contributed by atoms with E-state index >= 15 is 0 Å². The molecule has 0 aliphatic heterocycles. The van der Waals surface area contributed by atoms with Gasteiger partial charge >= 0.3 is 7.12 Å². The van der Waals surface area contributed by atoms with Crippen molar-refractivity contribution in [2.45, 2.75) is 130 Å². The van der Waals surface area contributed by atoms with Gasteiger partial charge in [0.2, 0.25) is 0 Å². The Balaban J connectivity index is 0.000000181. The minimum atomic E-state index is -1.35. The van der Waals surface area contributed by atoms with Gasteiger partial charge in [0, 0.05) is 4.47 Å². The van der Waals surface area contributed by atoms with Crippen LogP contribution in [0.5, 0.6) is 0 Å². The van der Waals surface area contributed by atoms with E-state index in [9.17, 15) is 0 Å². The number of halogens is 1. The summed E-state index contributed by atoms with van der Waals surface area (Å²) in [5.41, 5.74) is 11.1. The molecule has 2 saturated carbocycles. The Morgan fingerprint density at radius 2 is 0.920 bits per heavy atom. The van der Waals surface area contributed by atoms with E-state index in [-0.39, 0.29) is 0 Å². The van der Waals surface area contributed by atoms with Crippen LogP contribution in [0.4, 0.5) is 0 Å². The highest BCUT2D eigenvalue weighted by molar-refractivity contribution is 9.10. The number of hydrogen-bond acceptors (Lipinski definition) is 2. The molecule has 4 aromatic rings. The summed E-state index contributed by atoms with van der Waals surface area (Å²) in [7, 11) is -1.35. The molecule has 2 nitrogen and oxygen atoms in total. The molecule has 0 radical (unpaired) electrons. The van der Waals surface area contributed by atoms with E-state index in [4.69, 9.17) is 10.0 Å². The van der Waals surface area contributed by atoms with Gasteiger partial charge in [0.05, 0.1) is 0 Å². The second kappa shape index (κ2) is 20.4. The third-order valence-corrected chi connectivity index (χ3v) is 11.9. The topological polar surface area (TPSA) is 40.5 Å². The fourth-order valence-corrected chi connectivity index (χ4v) is 8.81. The molecule has 0 saturated heterocycles. The predicted octanol–water partition coefficient (Wildman–Crippen LogP) is 12.6. The fraction of sp³-hybridized carbons (Fsp3) is 0.478. The molecular weight excluding hydrogens is 675 g/mol. The van der Waals surface area contributed by atoms with Crippen LogP contribution in [0.1, 0.15) is 136 Å². The van der Waals surface area contributed by atoms with Crippen molar-refractivity contribution in [1.29, 1.82) is 0 Å². The zero-order valence-corrected chi connectivity index (χ0v) is 33.3. The third-order valence-electron chi connectivity index (χ3n) is 11.4. The smallest absolute Gasteiger partial charge is 0.423 e. The van der Waals surface area contributed by atoms with Crippen LogP contribution < -0.4 is 5.46 Å². The zero-order chi connectivity index (χ0) is 36.0. The molecule has 2 N–H and O–H groups in total. The van der Waals surface area contributed by atoms with Crippen molar-refractivity contribution in [1.82, 2.24) is 0 Å². The monoisotopic (exact) mass is 736 g/mol. The van der Waals surface area contributed by atoms with Crippen molar-refractivity contribution < 1.29 is 10.0 Å². The van der Waals surface area contributed by atoms with Gasteiger partial charge in [-0.15, -0.1) is 0 Å². The number of hydrogen-bond donors (Lipinski definition) is 2. The van der Waals surface area contributed by atoms with Gasteiger partial charge in [-0.2, -0.15) is 0 Å². The van der Waals surface area contributed by atoms with E-state index in [1.807, 2.05) is 32.0 Å². The lowest BCUT2D eigenvalue weighted by molar-refractivity contribution is 0.308. The molecule has 0 aromatic heterocycles. The van der Waals surface area contributed by atoms with E-state index in [0.717, 1.165) is 34.8 Å². The maximum Gasteiger partial charge on any atom is 0.488 e. The van der Waals surface area contributed by atoms with Gasteiger partial charge in [0.15, 0.2) is 0 Å². The maximum atomic E-state index is 8.94. The van der Waals surface area contributed by atoms with Crippen LogP contribution in [-0.4, -0.2) is 17.2 Å². The Morgan fingerprint density at radius 3 is 1.28 bits per heavy atom. The molecule has 0 atom stereocenters. The summed E-state index contributed by atoms with van der Waals surface area (Å²) in [6.07, 6.45) is 16.9. The van der Waals surface area contributed by atoms with Crippen LogP contribution >= 0.6 is 15.9 Å². The van der Waals surface area contributed by atoms with E-state index < -0.39 is 7.12 Å². The lowest BCUT2D eigenvalue weighted by atomic mass is 9.74. The molecule has 2 aliphatic rings. The van der Waals surface area contributed by atoms with Crippen molar-refractivity contribution in [3.05, 3.63) is 123 Å². The first kappa shape index (κ1) is 40.1. The van der Waals surface area contributed by atoms with Crippen LogP contribution in [-0.2, 0) is 0 Å². The quantitative estimate of drug-likeness (QED) is 0.177. The lowest BCUT2D eigenvalue weighted by Crippen LogP contribution is -2.34. The molecule has 50 heavy (non-hydrogen) atoms. The van der Waals surface area contributed by atoms with Crippen molar-refractivity contribution in [3.8, 4) is 11.1 Å². The maximum absolute atomic E-state index is 8.94. The summed E-state index contributed by atoms with van der Waals surface area (Å²) in [5, 5.41) is 17.9. The minimum Gasteiger partial charge on any atom is -0.423 e. The van der Waals surface area contributed by atoms with Crippen molar-refractivity contribution in [3.63, 3.8) is 0 Å². The molecule has 4 heteroatoms. The molecular formula is C46H62BBrO2. The molecule has 0 amide bonds. The van der Waals surface area contributed by atoms with Gasteiger partial charge < -0.3 is 10.0 Å². The van der Waals surface area contributed by atoms with Gasteiger partial charge in [0.25, 0.3) is 0 Å². The van der Waals surface area contributed by atoms with E-state index in [1.165, 1.54) is 109 Å². The molecule has 0 unspecified atom stereocenters. The van der Waals surface area contributed by atoms with Crippen LogP contribution in [0.2, 0.25) is 0 Å². The zero-order valence-electron chi connectivity index (χ0n) is 31.7. The summed E-state index contributed by atoms with van der Waals surface area (Å²) in [5.74, 6) is 3.61. The summed E-state index contributed by atoms with van der Waals surface area (Å²) >= 11 is 3.50. The molecule has 2 fully saturated rings. The molecule has 0 spiro atoms. The average molecular weight is 738 g/mol. The Morgan fingerprint density at radius 1 is 0.540 bits per heavy atom. The van der Waals surface area contributed by atoms with Crippen molar-refractivity contribution >= 4 is 28.5 Å². The van der Waals surface area contributed by atoms with Crippen LogP contribution in [0.25, 0.3) is 11.1 Å². The number of benzene rings is 4. The van der Waals surface area contributed by atoms with Crippen LogP contribution in [0.15, 0.2) is 89.4 Å². The Hall–Kier alpha value is -2.66. The normalized spacial score (nSPS) is 20.2. The average Bonchev–Trinajstić information content (AvgIpc) is 3.10. The van der Waals surface area contributed by atoms with Crippen molar-refractivity contribution in [2.75, 3.05) is 0 Å². The molecule has 6 rings (SSSR count). The molecule has 0 heterocycles. The molecule has 2 aliphatic carbocycles. The highest BCUT2D eigenvalue weighted by atomic mass is 79.9. The predicted molar refractivity (Wildman–Crippen MR) is 220 cm³/mol. The molecule has 4 aromatic carbocycles. The van der Waals surface area contributed by atoms with Crippen molar-refractivity contribution in [2.24, 2.45) is 11.8 Å². The summed E-state index contributed by atoms with van der Waals surface area (Å²) in [6.45, 7) is 12.8. The van der Waals surface area contributed by atoms with E-state index in [0.29, 0.717) is 5.46 Å². The fourth-order valence-electron chi connectivity index (χ4n) is 8.55. The summed E-state index contributed by atoms with van der Waals surface area (Å²) in [4.78, 5) is 0. The standard InChI is InChI=1S/C23H30.C15H21Br.C8H11BO2/c1-4-6-19-9-11-20(12-10-19)21-13-15-22(16-14-21)23-17(2)7-5-8-18(23)3;1-2-3-12-4-6-13(7-5-12)14-8-10-15(16)11-9-14;1-6-4-3-5-7(2)8(6)9(10)11/h5,7-8,13-16,19-20H,4,6,9-12H2,1-3H3;8-13H,2-7H2,1H3;3-5,10-11H,1-2H3. The summed E-state index contributed by atoms with van der Waals surface area (Å²) < 4.78 is 1.19. The van der Waals surface area contributed by atoms with Gasteiger partial charge in [-0.05, 0) is 154 Å². The minimum absolute atomic E-state index is 0.618. The Bertz CT molecular complexity index is 1520. The highest BCUT2D eigenvalue weighted by Crippen LogP contribution is 2.39.